The van der Waals surface area contributed by atoms with Gasteiger partial charge in [0.05, 0.1) is 22.9 Å². The molecule has 0 unspecified atom stereocenters. The lowest BCUT2D eigenvalue weighted by molar-refractivity contribution is 0.102. The van der Waals surface area contributed by atoms with Crippen LogP contribution in [0.25, 0.3) is 0 Å². The van der Waals surface area contributed by atoms with Gasteiger partial charge < -0.3 is 5.32 Å². The third-order valence-electron chi connectivity index (χ3n) is 2.40. The first-order valence-electron chi connectivity index (χ1n) is 5.33. The van der Waals surface area contributed by atoms with Gasteiger partial charge in [-0.05, 0) is 40.2 Å². The maximum Gasteiger partial charge on any atom is 0.258 e. The number of nitrogens with zero attached hydrogens (tertiary/aromatic N) is 2. The largest absolute Gasteiger partial charge is 0.319 e. The van der Waals surface area contributed by atoms with E-state index in [1.165, 1.54) is 24.4 Å². The van der Waals surface area contributed by atoms with Crippen molar-refractivity contribution in [1.29, 1.82) is 5.26 Å². The zero-order valence-electron chi connectivity index (χ0n) is 9.82. The first-order valence-corrected chi connectivity index (χ1v) is 6.50. The second-order valence-corrected chi connectivity index (χ2v) is 5.03. The fourth-order valence-electron chi connectivity index (χ4n) is 1.46. The second-order valence-electron chi connectivity index (χ2n) is 3.75. The molecule has 7 heteroatoms. The fourth-order valence-corrected chi connectivity index (χ4v) is 1.98. The molecular weight excluding hydrogens is 349 g/mol. The van der Waals surface area contributed by atoms with Gasteiger partial charge in [-0.3, -0.25) is 4.79 Å². The highest BCUT2D eigenvalue weighted by Gasteiger charge is 2.14. The van der Waals surface area contributed by atoms with E-state index in [4.69, 9.17) is 16.9 Å². The molecule has 0 fully saturated rings. The molecule has 4 nitrogen and oxygen atoms in total. The molecule has 2 aromatic rings. The van der Waals surface area contributed by atoms with Crippen LogP contribution in [0.2, 0.25) is 5.15 Å². The van der Waals surface area contributed by atoms with Crippen LogP contribution in [0.15, 0.2) is 34.9 Å². The lowest BCUT2D eigenvalue weighted by atomic mass is 10.2. The Bertz CT molecular complexity index is 730. The molecule has 1 heterocycles. The minimum Gasteiger partial charge on any atom is -0.319 e. The van der Waals surface area contributed by atoms with Crippen molar-refractivity contribution < 1.29 is 9.18 Å². The Labute approximate surface area is 127 Å². The van der Waals surface area contributed by atoms with E-state index in [1.54, 1.807) is 6.07 Å². The average Bonchev–Trinajstić information content (AvgIpc) is 2.43. The maximum absolute atomic E-state index is 13.7. The van der Waals surface area contributed by atoms with E-state index < -0.39 is 11.7 Å². The molecule has 0 bridgehead atoms. The minimum atomic E-state index is -0.698. The van der Waals surface area contributed by atoms with Crippen molar-refractivity contribution in [3.8, 4) is 6.07 Å². The lowest BCUT2D eigenvalue weighted by Crippen LogP contribution is -2.14. The van der Waals surface area contributed by atoms with Gasteiger partial charge in [0.1, 0.15) is 11.0 Å². The summed E-state index contributed by atoms with van der Waals surface area (Å²) in [7, 11) is 0. The number of halogens is 3. The summed E-state index contributed by atoms with van der Waals surface area (Å²) < 4.78 is 14.2. The summed E-state index contributed by atoms with van der Waals surface area (Å²) in [4.78, 5) is 15.8. The van der Waals surface area contributed by atoms with E-state index in [1.807, 2.05) is 0 Å². The van der Waals surface area contributed by atoms with Gasteiger partial charge in [-0.2, -0.15) is 5.26 Å². The SMILES string of the molecule is N#Cc1ccc(NC(=O)c2cc(Br)cnc2Cl)c(F)c1. The number of carbonyl (C=O) groups is 1. The number of nitriles is 1. The quantitative estimate of drug-likeness (QED) is 0.835. The summed E-state index contributed by atoms with van der Waals surface area (Å²) in [6, 6.07) is 7.04. The van der Waals surface area contributed by atoms with Crippen LogP contribution in [0.1, 0.15) is 15.9 Å². The van der Waals surface area contributed by atoms with Gasteiger partial charge in [-0.25, -0.2) is 9.37 Å². The van der Waals surface area contributed by atoms with Gasteiger partial charge in [0.15, 0.2) is 0 Å². The number of hydrogen-bond acceptors (Lipinski definition) is 3. The molecule has 0 atom stereocenters. The molecule has 0 aliphatic carbocycles. The Balaban J connectivity index is 2.28. The Morgan fingerprint density at radius 3 is 2.85 bits per heavy atom. The summed E-state index contributed by atoms with van der Waals surface area (Å²) in [6.07, 6.45) is 1.45. The summed E-state index contributed by atoms with van der Waals surface area (Å²) in [6.45, 7) is 0. The highest BCUT2D eigenvalue weighted by Crippen LogP contribution is 2.21. The molecule has 2 rings (SSSR count). The van der Waals surface area contributed by atoms with Gasteiger partial charge in [0, 0.05) is 10.7 Å². The predicted molar refractivity (Wildman–Crippen MR) is 76.0 cm³/mol. The van der Waals surface area contributed by atoms with Crippen LogP contribution < -0.4 is 5.32 Å². The number of aromatic nitrogens is 1. The smallest absolute Gasteiger partial charge is 0.258 e. The molecule has 1 aromatic heterocycles. The van der Waals surface area contributed by atoms with Gasteiger partial charge in [-0.1, -0.05) is 11.6 Å². The molecule has 0 radical (unpaired) electrons. The number of pyridine rings is 1. The fraction of sp³-hybridized carbons (Fsp3) is 0. The van der Waals surface area contributed by atoms with Crippen molar-refractivity contribution in [2.45, 2.75) is 0 Å². The van der Waals surface area contributed by atoms with Gasteiger partial charge in [0.2, 0.25) is 0 Å². The minimum absolute atomic E-state index is 0.0137. The summed E-state index contributed by atoms with van der Waals surface area (Å²) in [5.41, 5.74) is 0.248. The molecule has 0 aliphatic rings. The highest BCUT2D eigenvalue weighted by molar-refractivity contribution is 9.10. The van der Waals surface area contributed by atoms with Crippen LogP contribution in [-0.4, -0.2) is 10.9 Å². The predicted octanol–water partition coefficient (Wildman–Crippen LogP) is 3.76. The number of nitrogens with one attached hydrogen (secondary N) is 1. The van der Waals surface area contributed by atoms with Crippen molar-refractivity contribution in [1.82, 2.24) is 4.98 Å². The number of carbonyl (C=O) groups excluding carboxylic acids is 1. The van der Waals surface area contributed by atoms with Crippen LogP contribution in [0, 0.1) is 17.1 Å². The Hall–Kier alpha value is -1.97. The molecule has 0 aliphatic heterocycles. The van der Waals surface area contributed by atoms with Crippen LogP contribution in [-0.2, 0) is 0 Å². The summed E-state index contributed by atoms with van der Waals surface area (Å²) >= 11 is 8.99. The first-order chi connectivity index (χ1) is 9.51. The lowest BCUT2D eigenvalue weighted by Gasteiger charge is -2.07. The number of hydrogen-bond donors (Lipinski definition) is 1. The van der Waals surface area contributed by atoms with Gasteiger partial charge >= 0.3 is 0 Å². The van der Waals surface area contributed by atoms with E-state index >= 15 is 0 Å². The molecule has 20 heavy (non-hydrogen) atoms. The molecule has 1 amide bonds. The van der Waals surface area contributed by atoms with Crippen molar-refractivity contribution in [2.75, 3.05) is 5.32 Å². The molecular formula is C13H6BrClFN3O. The Morgan fingerprint density at radius 2 is 2.20 bits per heavy atom. The number of benzene rings is 1. The molecule has 1 N–H and O–H groups in total. The molecule has 0 saturated heterocycles. The van der Waals surface area contributed by atoms with Crippen molar-refractivity contribution >= 4 is 39.1 Å². The molecule has 1 aromatic carbocycles. The Kier molecular flexibility index (Phi) is 4.32. The molecule has 0 saturated carbocycles. The van der Waals surface area contributed by atoms with Crippen molar-refractivity contribution in [2.24, 2.45) is 0 Å². The summed E-state index contributed by atoms with van der Waals surface area (Å²) in [5, 5.41) is 11.0. The van der Waals surface area contributed by atoms with E-state index in [9.17, 15) is 9.18 Å². The highest BCUT2D eigenvalue weighted by atomic mass is 79.9. The number of anilines is 1. The Morgan fingerprint density at radius 1 is 1.45 bits per heavy atom. The average molecular weight is 355 g/mol. The molecule has 100 valence electrons. The van der Waals surface area contributed by atoms with E-state index in [0.717, 1.165) is 6.07 Å². The summed E-state index contributed by atoms with van der Waals surface area (Å²) in [5.74, 6) is -1.29. The number of amides is 1. The topological polar surface area (TPSA) is 65.8 Å². The zero-order chi connectivity index (χ0) is 14.7. The standard InChI is InChI=1S/C13H6BrClFN3O/c14-8-4-9(12(15)18-6-8)13(20)19-11-2-1-7(5-17)3-10(11)16/h1-4,6H,(H,19,20). The third kappa shape index (κ3) is 3.13. The monoisotopic (exact) mass is 353 g/mol. The molecule has 0 spiro atoms. The number of rotatable bonds is 2. The first kappa shape index (κ1) is 14.4. The van der Waals surface area contributed by atoms with Crippen molar-refractivity contribution in [3.63, 3.8) is 0 Å². The van der Waals surface area contributed by atoms with Crippen molar-refractivity contribution in [3.05, 3.63) is 57.0 Å². The third-order valence-corrected chi connectivity index (χ3v) is 3.13. The van der Waals surface area contributed by atoms with Gasteiger partial charge in [-0.15, -0.1) is 0 Å². The van der Waals surface area contributed by atoms with E-state index in [0.29, 0.717) is 4.47 Å². The van der Waals surface area contributed by atoms with Crippen LogP contribution in [0.3, 0.4) is 0 Å². The van der Waals surface area contributed by atoms with E-state index in [2.05, 4.69) is 26.2 Å². The van der Waals surface area contributed by atoms with Gasteiger partial charge in [0.25, 0.3) is 5.91 Å². The second kappa shape index (κ2) is 5.99. The van der Waals surface area contributed by atoms with E-state index in [-0.39, 0.29) is 22.0 Å². The van der Waals surface area contributed by atoms with Crippen LogP contribution >= 0.6 is 27.5 Å². The van der Waals surface area contributed by atoms with Crippen LogP contribution in [0.4, 0.5) is 10.1 Å². The van der Waals surface area contributed by atoms with Crippen LogP contribution in [0.5, 0.6) is 0 Å². The normalized spacial score (nSPS) is 9.90. The maximum atomic E-state index is 13.7. The zero-order valence-corrected chi connectivity index (χ0v) is 12.2.